The lowest BCUT2D eigenvalue weighted by Crippen LogP contribution is -2.25. The van der Waals surface area contributed by atoms with Crippen LogP contribution in [0, 0.1) is 11.8 Å². The van der Waals surface area contributed by atoms with Gasteiger partial charge in [0.1, 0.15) is 11.6 Å². The van der Waals surface area contributed by atoms with Gasteiger partial charge in [-0.3, -0.25) is 9.59 Å². The van der Waals surface area contributed by atoms with E-state index in [1.165, 1.54) is 0 Å². The Labute approximate surface area is 78.7 Å². The zero-order chi connectivity index (χ0) is 9.26. The molecule has 0 aromatic rings. The third kappa shape index (κ3) is 1.67. The molecule has 2 saturated carbocycles. The molecule has 0 amide bonds. The van der Waals surface area contributed by atoms with E-state index in [0.717, 1.165) is 38.5 Å². The molecule has 2 aliphatic rings. The lowest BCUT2D eigenvalue weighted by molar-refractivity contribution is -0.133. The van der Waals surface area contributed by atoms with Gasteiger partial charge >= 0.3 is 0 Å². The molecular weight excluding hydrogens is 164 g/mol. The van der Waals surface area contributed by atoms with Gasteiger partial charge in [0.25, 0.3) is 0 Å². The van der Waals surface area contributed by atoms with Crippen molar-refractivity contribution in [2.75, 3.05) is 0 Å². The van der Waals surface area contributed by atoms with Crippen molar-refractivity contribution < 1.29 is 9.59 Å². The number of hydrogen-bond donors (Lipinski definition) is 0. The molecule has 2 aliphatic carbocycles. The maximum atomic E-state index is 11.8. The minimum Gasteiger partial charge on any atom is -0.299 e. The summed E-state index contributed by atoms with van der Waals surface area (Å²) in [4.78, 5) is 23.4. The molecule has 0 aromatic carbocycles. The van der Waals surface area contributed by atoms with Crippen molar-refractivity contribution >= 4 is 11.6 Å². The van der Waals surface area contributed by atoms with E-state index in [-0.39, 0.29) is 23.4 Å². The summed E-state index contributed by atoms with van der Waals surface area (Å²) >= 11 is 0. The van der Waals surface area contributed by atoms with Crippen molar-refractivity contribution in [1.82, 2.24) is 0 Å². The molecule has 2 unspecified atom stereocenters. The Morgan fingerprint density at radius 2 is 1.62 bits per heavy atom. The highest BCUT2D eigenvalue weighted by Crippen LogP contribution is 2.32. The smallest absolute Gasteiger partial charge is 0.146 e. The number of carbonyl (C=O) groups excluding carboxylic acids is 2. The predicted octanol–water partition coefficient (Wildman–Crippen LogP) is 2.11. The minimum absolute atomic E-state index is 0.213. The summed E-state index contributed by atoms with van der Waals surface area (Å²) in [7, 11) is 0. The molecule has 2 heteroatoms. The van der Waals surface area contributed by atoms with Gasteiger partial charge in [0.15, 0.2) is 0 Å². The Hall–Kier alpha value is -0.660. The Morgan fingerprint density at radius 3 is 2.46 bits per heavy atom. The van der Waals surface area contributed by atoms with Crippen molar-refractivity contribution in [2.24, 2.45) is 11.8 Å². The van der Waals surface area contributed by atoms with E-state index in [1.54, 1.807) is 0 Å². The van der Waals surface area contributed by atoms with Crippen LogP contribution < -0.4 is 0 Å². The molecule has 2 rings (SSSR count). The highest BCUT2D eigenvalue weighted by molar-refractivity contribution is 6.04. The average molecular weight is 180 g/mol. The largest absolute Gasteiger partial charge is 0.299 e. The predicted molar refractivity (Wildman–Crippen MR) is 49.3 cm³/mol. The fourth-order valence-electron chi connectivity index (χ4n) is 2.61. The first kappa shape index (κ1) is 8.92. The van der Waals surface area contributed by atoms with Gasteiger partial charge < -0.3 is 0 Å². The second-order valence-corrected chi connectivity index (χ2v) is 4.29. The van der Waals surface area contributed by atoms with Gasteiger partial charge in [-0.2, -0.15) is 0 Å². The highest BCUT2D eigenvalue weighted by atomic mass is 16.2. The molecule has 0 radical (unpaired) electrons. The van der Waals surface area contributed by atoms with Crippen LogP contribution in [0.15, 0.2) is 0 Å². The summed E-state index contributed by atoms with van der Waals surface area (Å²) in [6, 6.07) is 0. The van der Waals surface area contributed by atoms with E-state index >= 15 is 0 Å². The number of fused-ring (bicyclic) bond motifs is 2. The van der Waals surface area contributed by atoms with Gasteiger partial charge in [-0.25, -0.2) is 0 Å². The molecular formula is C11H16O2. The van der Waals surface area contributed by atoms with Crippen LogP contribution in [0.2, 0.25) is 0 Å². The molecule has 2 nitrogen and oxygen atoms in total. The highest BCUT2D eigenvalue weighted by Gasteiger charge is 2.35. The fraction of sp³-hybridized carbons (Fsp3) is 0.818. The summed E-state index contributed by atoms with van der Waals surface area (Å²) in [5.41, 5.74) is 0. The topological polar surface area (TPSA) is 34.1 Å². The lowest BCUT2D eigenvalue weighted by atomic mass is 9.90. The Bertz CT molecular complexity index is 232. The van der Waals surface area contributed by atoms with E-state index in [0.29, 0.717) is 6.42 Å². The summed E-state index contributed by atoms with van der Waals surface area (Å²) in [6.45, 7) is 0. The van der Waals surface area contributed by atoms with E-state index < -0.39 is 0 Å². The fourth-order valence-corrected chi connectivity index (χ4v) is 2.61. The molecule has 0 N–H and O–H groups in total. The molecule has 0 aromatic heterocycles. The van der Waals surface area contributed by atoms with E-state index in [9.17, 15) is 9.59 Å². The van der Waals surface area contributed by atoms with Crippen LogP contribution in [0.25, 0.3) is 0 Å². The number of Topliss-reactive ketones (excluding diaryl/α,β-unsaturated/α-hetero) is 2. The molecule has 2 bridgehead atoms. The van der Waals surface area contributed by atoms with Gasteiger partial charge in [-0.1, -0.05) is 12.8 Å². The number of ketones is 2. The second kappa shape index (κ2) is 3.60. The molecule has 2 fully saturated rings. The maximum absolute atomic E-state index is 11.8. The number of hydrogen-bond acceptors (Lipinski definition) is 2. The first-order valence-electron chi connectivity index (χ1n) is 5.35. The molecule has 13 heavy (non-hydrogen) atoms. The SMILES string of the molecule is O=C1CCCC2CCCCC1C2=O. The van der Waals surface area contributed by atoms with Crippen LogP contribution in [0.3, 0.4) is 0 Å². The molecule has 0 heterocycles. The van der Waals surface area contributed by atoms with Gasteiger partial charge in [0.2, 0.25) is 0 Å². The first-order valence-corrected chi connectivity index (χ1v) is 5.35. The van der Waals surface area contributed by atoms with Gasteiger partial charge in [-0.15, -0.1) is 0 Å². The minimum atomic E-state index is -0.213. The normalized spacial score (nSPS) is 35.4. The van der Waals surface area contributed by atoms with Gasteiger partial charge in [-0.05, 0) is 25.7 Å². The summed E-state index contributed by atoms with van der Waals surface area (Å²) < 4.78 is 0. The van der Waals surface area contributed by atoms with Crippen molar-refractivity contribution in [1.29, 1.82) is 0 Å². The molecule has 0 spiro atoms. The Balaban J connectivity index is 2.22. The molecule has 0 aliphatic heterocycles. The van der Waals surface area contributed by atoms with Crippen LogP contribution in [-0.2, 0) is 9.59 Å². The Morgan fingerprint density at radius 1 is 0.923 bits per heavy atom. The summed E-state index contributed by atoms with van der Waals surface area (Å²) in [5, 5.41) is 0. The van der Waals surface area contributed by atoms with Crippen molar-refractivity contribution in [2.45, 2.75) is 44.9 Å². The van der Waals surface area contributed by atoms with Crippen LogP contribution in [-0.4, -0.2) is 11.6 Å². The number of carbonyl (C=O) groups is 2. The maximum Gasteiger partial charge on any atom is 0.146 e. The quantitative estimate of drug-likeness (QED) is 0.535. The zero-order valence-electron chi connectivity index (χ0n) is 7.92. The standard InChI is InChI=1S/C11H16O2/c12-10-7-3-5-8-4-1-2-6-9(10)11(8)13/h8-9H,1-7H2. The van der Waals surface area contributed by atoms with Crippen LogP contribution >= 0.6 is 0 Å². The Kier molecular flexibility index (Phi) is 2.47. The van der Waals surface area contributed by atoms with Crippen molar-refractivity contribution in [3.05, 3.63) is 0 Å². The molecule has 72 valence electrons. The zero-order valence-corrected chi connectivity index (χ0v) is 7.92. The van der Waals surface area contributed by atoms with E-state index in [4.69, 9.17) is 0 Å². The average Bonchev–Trinajstić information content (AvgIpc) is 2.36. The van der Waals surface area contributed by atoms with E-state index in [2.05, 4.69) is 0 Å². The van der Waals surface area contributed by atoms with E-state index in [1.807, 2.05) is 0 Å². The van der Waals surface area contributed by atoms with Crippen LogP contribution in [0.5, 0.6) is 0 Å². The summed E-state index contributed by atoms with van der Waals surface area (Å²) in [6.07, 6.45) is 6.61. The van der Waals surface area contributed by atoms with Gasteiger partial charge in [0, 0.05) is 12.3 Å². The van der Waals surface area contributed by atoms with Gasteiger partial charge in [0.05, 0.1) is 5.92 Å². The number of rotatable bonds is 0. The van der Waals surface area contributed by atoms with Crippen LogP contribution in [0.4, 0.5) is 0 Å². The second-order valence-electron chi connectivity index (χ2n) is 4.29. The monoisotopic (exact) mass is 180 g/mol. The van der Waals surface area contributed by atoms with Crippen LogP contribution in [0.1, 0.15) is 44.9 Å². The van der Waals surface area contributed by atoms with Crippen molar-refractivity contribution in [3.63, 3.8) is 0 Å². The third-order valence-corrected chi connectivity index (χ3v) is 3.41. The van der Waals surface area contributed by atoms with Crippen molar-refractivity contribution in [3.8, 4) is 0 Å². The molecule has 2 atom stereocenters. The first-order chi connectivity index (χ1) is 6.29. The lowest BCUT2D eigenvalue weighted by Gasteiger charge is -2.12. The summed E-state index contributed by atoms with van der Waals surface area (Å²) in [5.74, 6) is 0.489. The molecule has 0 saturated heterocycles. The third-order valence-electron chi connectivity index (χ3n) is 3.41.